The number of pyridine rings is 1. The van der Waals surface area contributed by atoms with E-state index in [1.165, 1.54) is 17.2 Å². The van der Waals surface area contributed by atoms with Crippen LogP contribution in [0.4, 0.5) is 4.39 Å². The average Bonchev–Trinajstić information content (AvgIpc) is 3.06. The predicted molar refractivity (Wildman–Crippen MR) is 110 cm³/mol. The molecule has 1 aliphatic rings. The maximum absolute atomic E-state index is 14.7. The Morgan fingerprint density at radius 2 is 2.03 bits per heavy atom. The van der Waals surface area contributed by atoms with E-state index in [0.717, 1.165) is 43.6 Å². The minimum atomic E-state index is -0.241. The highest BCUT2D eigenvalue weighted by Crippen LogP contribution is 2.32. The normalized spacial score (nSPS) is 14.1. The van der Waals surface area contributed by atoms with E-state index >= 15 is 0 Å². The van der Waals surface area contributed by atoms with Crippen LogP contribution in [0.2, 0.25) is 0 Å². The van der Waals surface area contributed by atoms with Crippen molar-refractivity contribution in [1.82, 2.24) is 14.5 Å². The zero-order valence-electron chi connectivity index (χ0n) is 16.7. The predicted octanol–water partition coefficient (Wildman–Crippen LogP) is 3.73. The zero-order valence-corrected chi connectivity index (χ0v) is 16.7. The lowest BCUT2D eigenvalue weighted by molar-refractivity contribution is -0.143. The summed E-state index contributed by atoms with van der Waals surface area (Å²) in [6.45, 7) is 5.29. The molecular formula is C23H26FN3O2. The van der Waals surface area contributed by atoms with Gasteiger partial charge in [-0.25, -0.2) is 4.39 Å². The van der Waals surface area contributed by atoms with Gasteiger partial charge in [0.05, 0.1) is 18.5 Å². The van der Waals surface area contributed by atoms with Crippen LogP contribution in [-0.4, -0.2) is 40.1 Å². The Bertz CT molecular complexity index is 1000. The van der Waals surface area contributed by atoms with Crippen LogP contribution < -0.4 is 0 Å². The Balaban J connectivity index is 1.57. The highest BCUT2D eigenvalue weighted by Gasteiger charge is 2.25. The molecule has 3 heterocycles. The molecule has 5 nitrogen and oxygen atoms in total. The summed E-state index contributed by atoms with van der Waals surface area (Å²) < 4.78 is 21.8. The number of aromatic nitrogens is 2. The van der Waals surface area contributed by atoms with Gasteiger partial charge < -0.3 is 9.30 Å². The topological polar surface area (TPSA) is 47.4 Å². The van der Waals surface area contributed by atoms with Crippen molar-refractivity contribution in [2.24, 2.45) is 0 Å². The van der Waals surface area contributed by atoms with Crippen molar-refractivity contribution in [3.05, 3.63) is 65.4 Å². The van der Waals surface area contributed by atoms with Gasteiger partial charge in [-0.2, -0.15) is 0 Å². The van der Waals surface area contributed by atoms with Gasteiger partial charge in [-0.3, -0.25) is 14.7 Å². The first kappa shape index (κ1) is 19.6. The molecule has 0 aliphatic carbocycles. The van der Waals surface area contributed by atoms with Crippen molar-refractivity contribution in [3.8, 4) is 0 Å². The lowest BCUT2D eigenvalue weighted by Gasteiger charge is -2.28. The number of nitrogens with zero attached hydrogens (tertiary/aromatic N) is 3. The molecule has 2 aromatic heterocycles. The first-order valence-corrected chi connectivity index (χ1v) is 10.2. The number of halogens is 1. The van der Waals surface area contributed by atoms with Crippen LogP contribution in [0.25, 0.3) is 10.9 Å². The molecule has 3 aromatic rings. The monoisotopic (exact) mass is 395 g/mol. The molecular weight excluding hydrogens is 369 g/mol. The largest absolute Gasteiger partial charge is 0.466 e. The van der Waals surface area contributed by atoms with E-state index in [-0.39, 0.29) is 18.2 Å². The average molecular weight is 395 g/mol. The first-order chi connectivity index (χ1) is 14.2. The Hall–Kier alpha value is -2.73. The number of ether oxygens (including phenoxy) is 1. The summed E-state index contributed by atoms with van der Waals surface area (Å²) in [6.07, 6.45) is 5.72. The summed E-state index contributed by atoms with van der Waals surface area (Å²) in [4.78, 5) is 18.3. The molecule has 0 N–H and O–H groups in total. The minimum Gasteiger partial charge on any atom is -0.466 e. The van der Waals surface area contributed by atoms with Crippen molar-refractivity contribution in [3.63, 3.8) is 0 Å². The molecule has 29 heavy (non-hydrogen) atoms. The molecule has 6 heteroatoms. The molecule has 0 saturated heterocycles. The highest BCUT2D eigenvalue weighted by atomic mass is 19.1. The molecule has 0 bridgehead atoms. The van der Waals surface area contributed by atoms with E-state index in [1.807, 2.05) is 35.2 Å². The van der Waals surface area contributed by atoms with Crippen LogP contribution in [-0.2, 0) is 35.5 Å². The number of benzene rings is 1. The Morgan fingerprint density at radius 1 is 1.21 bits per heavy atom. The second-order valence-electron chi connectivity index (χ2n) is 7.40. The fraction of sp³-hybridized carbons (Fsp3) is 0.391. The molecule has 0 saturated carbocycles. The van der Waals surface area contributed by atoms with E-state index in [9.17, 15) is 9.18 Å². The lowest BCUT2D eigenvalue weighted by atomic mass is 10.0. The molecule has 0 atom stereocenters. The highest BCUT2D eigenvalue weighted by molar-refractivity contribution is 5.86. The van der Waals surface area contributed by atoms with E-state index in [0.29, 0.717) is 18.7 Å². The summed E-state index contributed by atoms with van der Waals surface area (Å²) in [5.41, 5.74) is 4.21. The summed E-state index contributed by atoms with van der Waals surface area (Å²) >= 11 is 0. The van der Waals surface area contributed by atoms with Crippen LogP contribution in [0.1, 0.15) is 30.2 Å². The Kier molecular flexibility index (Phi) is 5.90. The van der Waals surface area contributed by atoms with Crippen LogP contribution in [0.15, 0.2) is 42.7 Å². The molecule has 152 valence electrons. The van der Waals surface area contributed by atoms with Crippen LogP contribution in [0.5, 0.6) is 0 Å². The Labute approximate surface area is 170 Å². The standard InChI is InChI=1S/C23H26FN3O2/c1-2-29-22(28)10-15-27-21-9-14-26(13-8-17-6-11-25-12-7-17)16-19(21)18-4-3-5-20(24)23(18)27/h3-7,11-12H,2,8-10,13-16H2,1H3. The summed E-state index contributed by atoms with van der Waals surface area (Å²) in [7, 11) is 0. The molecule has 1 aliphatic heterocycles. The molecule has 0 fully saturated rings. The number of hydrogen-bond donors (Lipinski definition) is 0. The molecule has 4 rings (SSSR count). The maximum atomic E-state index is 14.7. The third kappa shape index (κ3) is 4.17. The summed E-state index contributed by atoms with van der Waals surface area (Å²) in [5.74, 6) is -0.474. The quantitative estimate of drug-likeness (QED) is 0.572. The number of carbonyl (C=O) groups is 1. The van der Waals surface area contributed by atoms with E-state index in [4.69, 9.17) is 4.74 Å². The van der Waals surface area contributed by atoms with Gasteiger partial charge in [0, 0.05) is 56.1 Å². The SMILES string of the molecule is CCOC(=O)CCn1c2c(c3cccc(F)c31)CN(CCc1ccncc1)CC2. The molecule has 1 aromatic carbocycles. The first-order valence-electron chi connectivity index (χ1n) is 10.2. The number of carbonyl (C=O) groups excluding carboxylic acids is 1. The maximum Gasteiger partial charge on any atom is 0.307 e. The van der Waals surface area contributed by atoms with Crippen molar-refractivity contribution in [1.29, 1.82) is 0 Å². The fourth-order valence-electron chi connectivity index (χ4n) is 4.23. The zero-order chi connectivity index (χ0) is 20.2. The summed E-state index contributed by atoms with van der Waals surface area (Å²) in [5, 5.41) is 0.956. The van der Waals surface area contributed by atoms with Crippen molar-refractivity contribution >= 4 is 16.9 Å². The third-order valence-corrected chi connectivity index (χ3v) is 5.61. The number of para-hydroxylation sites is 1. The van der Waals surface area contributed by atoms with Crippen LogP contribution in [0, 0.1) is 5.82 Å². The number of esters is 1. The van der Waals surface area contributed by atoms with E-state index in [1.54, 1.807) is 13.0 Å². The Morgan fingerprint density at radius 3 is 2.83 bits per heavy atom. The van der Waals surface area contributed by atoms with Gasteiger partial charge in [-0.1, -0.05) is 12.1 Å². The fourth-order valence-corrected chi connectivity index (χ4v) is 4.23. The number of aryl methyl sites for hydroxylation is 1. The van der Waals surface area contributed by atoms with Crippen molar-refractivity contribution in [2.45, 2.75) is 39.3 Å². The second kappa shape index (κ2) is 8.74. The minimum absolute atomic E-state index is 0.232. The molecule has 0 spiro atoms. The van der Waals surface area contributed by atoms with Gasteiger partial charge in [0.25, 0.3) is 0 Å². The number of fused-ring (bicyclic) bond motifs is 3. The van der Waals surface area contributed by atoms with Gasteiger partial charge >= 0.3 is 5.97 Å². The molecule has 0 unspecified atom stereocenters. The van der Waals surface area contributed by atoms with Crippen LogP contribution >= 0.6 is 0 Å². The second-order valence-corrected chi connectivity index (χ2v) is 7.40. The van der Waals surface area contributed by atoms with Gasteiger partial charge in [-0.05, 0) is 42.7 Å². The molecule has 0 amide bonds. The number of hydrogen-bond acceptors (Lipinski definition) is 4. The lowest BCUT2D eigenvalue weighted by Crippen LogP contribution is -2.32. The van der Waals surface area contributed by atoms with Gasteiger partial charge in [0.2, 0.25) is 0 Å². The van der Waals surface area contributed by atoms with Gasteiger partial charge in [0.15, 0.2) is 0 Å². The van der Waals surface area contributed by atoms with E-state index in [2.05, 4.69) is 9.88 Å². The molecule has 0 radical (unpaired) electrons. The third-order valence-electron chi connectivity index (χ3n) is 5.61. The van der Waals surface area contributed by atoms with Crippen LogP contribution in [0.3, 0.4) is 0 Å². The van der Waals surface area contributed by atoms with Crippen molar-refractivity contribution < 1.29 is 13.9 Å². The van der Waals surface area contributed by atoms with Gasteiger partial charge in [-0.15, -0.1) is 0 Å². The smallest absolute Gasteiger partial charge is 0.307 e. The number of rotatable bonds is 7. The summed E-state index contributed by atoms with van der Waals surface area (Å²) in [6, 6.07) is 9.35. The van der Waals surface area contributed by atoms with E-state index < -0.39 is 0 Å². The van der Waals surface area contributed by atoms with Gasteiger partial charge in [0.1, 0.15) is 5.82 Å². The van der Waals surface area contributed by atoms with Crippen molar-refractivity contribution in [2.75, 3.05) is 19.7 Å².